The van der Waals surface area contributed by atoms with Crippen molar-refractivity contribution in [3.63, 3.8) is 0 Å². The minimum absolute atomic E-state index is 0.126. The smallest absolute Gasteiger partial charge is 0.292 e. The predicted molar refractivity (Wildman–Crippen MR) is 74.3 cm³/mol. The van der Waals surface area contributed by atoms with E-state index in [1.165, 1.54) is 18.2 Å². The van der Waals surface area contributed by atoms with Crippen molar-refractivity contribution in [1.29, 1.82) is 0 Å². The molecule has 104 valence electrons. The molecule has 0 saturated heterocycles. The molecule has 3 N–H and O–H groups in total. The van der Waals surface area contributed by atoms with E-state index < -0.39 is 4.92 Å². The molecule has 0 bridgehead atoms. The van der Waals surface area contributed by atoms with Crippen LogP contribution in [0.1, 0.15) is 25.7 Å². The number of nitrogens with two attached hydrogens (primary N) is 1. The standard InChI is InChI=1S/C12H16ClN3O3/c13-9-5-6-11(16(18)19)10(8-9)15-12(17)4-2-1-3-7-14/h5-6,8H,1-4,7,14H2,(H,15,17). The fraction of sp³-hybridized carbons (Fsp3) is 0.417. The van der Waals surface area contributed by atoms with Crippen LogP contribution in [0, 0.1) is 10.1 Å². The number of benzene rings is 1. The Morgan fingerprint density at radius 1 is 1.37 bits per heavy atom. The van der Waals surface area contributed by atoms with Crippen molar-refractivity contribution in [2.75, 3.05) is 11.9 Å². The first-order valence-corrected chi connectivity index (χ1v) is 6.36. The molecule has 0 radical (unpaired) electrons. The van der Waals surface area contributed by atoms with Crippen LogP contribution in [-0.4, -0.2) is 17.4 Å². The number of hydrogen-bond donors (Lipinski definition) is 2. The summed E-state index contributed by atoms with van der Waals surface area (Å²) in [5, 5.41) is 13.7. The van der Waals surface area contributed by atoms with Crippen LogP contribution in [0.5, 0.6) is 0 Å². The topological polar surface area (TPSA) is 98.3 Å². The van der Waals surface area contributed by atoms with E-state index in [1.54, 1.807) is 0 Å². The van der Waals surface area contributed by atoms with Gasteiger partial charge in [0.15, 0.2) is 0 Å². The molecule has 0 unspecified atom stereocenters. The average Bonchev–Trinajstić information content (AvgIpc) is 2.34. The Morgan fingerprint density at radius 3 is 2.74 bits per heavy atom. The number of anilines is 1. The molecule has 1 aromatic carbocycles. The number of nitro benzene ring substituents is 1. The number of nitro groups is 1. The third-order valence-corrected chi connectivity index (χ3v) is 2.77. The first kappa shape index (κ1) is 15.4. The Labute approximate surface area is 116 Å². The molecule has 7 heteroatoms. The van der Waals surface area contributed by atoms with E-state index in [2.05, 4.69) is 5.32 Å². The average molecular weight is 286 g/mol. The molecule has 0 atom stereocenters. The van der Waals surface area contributed by atoms with Crippen molar-refractivity contribution in [2.45, 2.75) is 25.7 Å². The minimum atomic E-state index is -0.555. The van der Waals surface area contributed by atoms with Gasteiger partial charge in [0, 0.05) is 17.5 Å². The molecule has 0 aliphatic heterocycles. The highest BCUT2D eigenvalue weighted by Gasteiger charge is 2.15. The third-order valence-electron chi connectivity index (χ3n) is 2.54. The summed E-state index contributed by atoms with van der Waals surface area (Å²) in [5.41, 5.74) is 5.31. The number of nitrogens with one attached hydrogen (secondary N) is 1. The first-order valence-electron chi connectivity index (χ1n) is 5.98. The highest BCUT2D eigenvalue weighted by atomic mass is 35.5. The molecule has 0 fully saturated rings. The van der Waals surface area contributed by atoms with E-state index in [0.717, 1.165) is 12.8 Å². The van der Waals surface area contributed by atoms with Crippen molar-refractivity contribution in [1.82, 2.24) is 0 Å². The van der Waals surface area contributed by atoms with E-state index in [0.29, 0.717) is 24.4 Å². The fourth-order valence-electron chi connectivity index (χ4n) is 1.59. The second-order valence-corrected chi connectivity index (χ2v) is 4.50. The molecule has 1 rings (SSSR count). The molecule has 0 aliphatic rings. The zero-order valence-electron chi connectivity index (χ0n) is 10.4. The Hall–Kier alpha value is -1.66. The van der Waals surface area contributed by atoms with Gasteiger partial charge < -0.3 is 11.1 Å². The summed E-state index contributed by atoms with van der Waals surface area (Å²) < 4.78 is 0. The van der Waals surface area contributed by atoms with Crippen LogP contribution in [0.2, 0.25) is 5.02 Å². The molecule has 0 aliphatic carbocycles. The summed E-state index contributed by atoms with van der Waals surface area (Å²) in [4.78, 5) is 21.9. The highest BCUT2D eigenvalue weighted by Crippen LogP contribution is 2.27. The SMILES string of the molecule is NCCCCCC(=O)Nc1cc(Cl)ccc1[N+](=O)[O-]. The Kier molecular flexibility index (Phi) is 6.24. The number of carbonyl (C=O) groups excluding carboxylic acids is 1. The van der Waals surface area contributed by atoms with Crippen LogP contribution in [0.25, 0.3) is 0 Å². The first-order chi connectivity index (χ1) is 9.04. The summed E-state index contributed by atoms with van der Waals surface area (Å²) in [6.07, 6.45) is 2.74. The lowest BCUT2D eigenvalue weighted by molar-refractivity contribution is -0.383. The number of halogens is 1. The van der Waals surface area contributed by atoms with Gasteiger partial charge in [-0.25, -0.2) is 0 Å². The summed E-state index contributed by atoms with van der Waals surface area (Å²) in [7, 11) is 0. The van der Waals surface area contributed by atoms with Crippen molar-refractivity contribution in [2.24, 2.45) is 5.73 Å². The van der Waals surface area contributed by atoms with Crippen LogP contribution < -0.4 is 11.1 Å². The monoisotopic (exact) mass is 285 g/mol. The molecule has 0 saturated carbocycles. The fourth-order valence-corrected chi connectivity index (χ4v) is 1.76. The van der Waals surface area contributed by atoms with Crippen molar-refractivity contribution in [3.8, 4) is 0 Å². The zero-order valence-corrected chi connectivity index (χ0v) is 11.2. The number of amides is 1. The van der Waals surface area contributed by atoms with Crippen LogP contribution in [0.3, 0.4) is 0 Å². The van der Waals surface area contributed by atoms with Crippen LogP contribution in [-0.2, 0) is 4.79 Å². The quantitative estimate of drug-likeness (QED) is 0.457. The van der Waals surface area contributed by atoms with Crippen LogP contribution in [0.4, 0.5) is 11.4 Å². The Balaban J connectivity index is 2.62. The van der Waals surface area contributed by atoms with Crippen LogP contribution in [0.15, 0.2) is 18.2 Å². The van der Waals surface area contributed by atoms with Gasteiger partial charge in [0.25, 0.3) is 5.69 Å². The zero-order chi connectivity index (χ0) is 14.3. The lowest BCUT2D eigenvalue weighted by Crippen LogP contribution is -2.12. The minimum Gasteiger partial charge on any atom is -0.330 e. The molecule has 0 aromatic heterocycles. The number of rotatable bonds is 7. The highest BCUT2D eigenvalue weighted by molar-refractivity contribution is 6.31. The number of carbonyl (C=O) groups is 1. The maximum Gasteiger partial charge on any atom is 0.292 e. The Morgan fingerprint density at radius 2 is 2.11 bits per heavy atom. The summed E-state index contributed by atoms with van der Waals surface area (Å²) in [6.45, 7) is 0.599. The van der Waals surface area contributed by atoms with Gasteiger partial charge in [0.2, 0.25) is 5.91 Å². The van der Waals surface area contributed by atoms with Gasteiger partial charge in [0.05, 0.1) is 4.92 Å². The van der Waals surface area contributed by atoms with E-state index in [-0.39, 0.29) is 17.3 Å². The van der Waals surface area contributed by atoms with Crippen molar-refractivity contribution >= 4 is 28.9 Å². The van der Waals surface area contributed by atoms with Gasteiger partial charge in [-0.3, -0.25) is 14.9 Å². The summed E-state index contributed by atoms with van der Waals surface area (Å²) >= 11 is 5.76. The molecule has 6 nitrogen and oxygen atoms in total. The van der Waals surface area contributed by atoms with Gasteiger partial charge in [-0.1, -0.05) is 18.0 Å². The van der Waals surface area contributed by atoms with Crippen LogP contribution >= 0.6 is 11.6 Å². The maximum absolute atomic E-state index is 11.7. The van der Waals surface area contributed by atoms with Gasteiger partial charge in [-0.15, -0.1) is 0 Å². The maximum atomic E-state index is 11.7. The van der Waals surface area contributed by atoms with Gasteiger partial charge in [-0.05, 0) is 31.5 Å². The van der Waals surface area contributed by atoms with Gasteiger partial charge in [-0.2, -0.15) is 0 Å². The third kappa shape index (κ3) is 5.23. The number of hydrogen-bond acceptors (Lipinski definition) is 4. The predicted octanol–water partition coefficient (Wildman–Crippen LogP) is 2.71. The van der Waals surface area contributed by atoms with Gasteiger partial charge >= 0.3 is 0 Å². The van der Waals surface area contributed by atoms with E-state index >= 15 is 0 Å². The lowest BCUT2D eigenvalue weighted by atomic mass is 10.2. The molecule has 0 spiro atoms. The van der Waals surface area contributed by atoms with Crippen molar-refractivity contribution < 1.29 is 9.72 Å². The molecular formula is C12H16ClN3O3. The van der Waals surface area contributed by atoms with E-state index in [9.17, 15) is 14.9 Å². The molecule has 1 aromatic rings. The molecule has 19 heavy (non-hydrogen) atoms. The molecular weight excluding hydrogens is 270 g/mol. The summed E-state index contributed by atoms with van der Waals surface area (Å²) in [6, 6.07) is 4.06. The largest absolute Gasteiger partial charge is 0.330 e. The molecule has 0 heterocycles. The second-order valence-electron chi connectivity index (χ2n) is 4.07. The Bertz CT molecular complexity index is 466. The van der Waals surface area contributed by atoms with E-state index in [1.807, 2.05) is 0 Å². The van der Waals surface area contributed by atoms with Crippen molar-refractivity contribution in [3.05, 3.63) is 33.3 Å². The normalized spacial score (nSPS) is 10.2. The second kappa shape index (κ2) is 7.70. The number of nitrogens with zero attached hydrogens (tertiary/aromatic N) is 1. The van der Waals surface area contributed by atoms with Gasteiger partial charge in [0.1, 0.15) is 5.69 Å². The summed E-state index contributed by atoms with van der Waals surface area (Å²) in [5.74, 6) is -0.262. The molecule has 1 amide bonds. The number of unbranched alkanes of at least 4 members (excludes halogenated alkanes) is 2. The lowest BCUT2D eigenvalue weighted by Gasteiger charge is -2.06. The van der Waals surface area contributed by atoms with E-state index in [4.69, 9.17) is 17.3 Å².